The Morgan fingerprint density at radius 2 is 1.34 bits per heavy atom. The van der Waals surface area contributed by atoms with Crippen LogP contribution in [-0.4, -0.2) is 19.1 Å². The lowest BCUT2D eigenvalue weighted by Gasteiger charge is -2.18. The van der Waals surface area contributed by atoms with Crippen LogP contribution in [0.15, 0.2) is 81.8 Å². The van der Waals surface area contributed by atoms with E-state index in [1.54, 1.807) is 24.3 Å². The lowest BCUT2D eigenvalue weighted by Crippen LogP contribution is -2.16. The van der Waals surface area contributed by atoms with Gasteiger partial charge in [0.25, 0.3) is 0 Å². The zero-order chi connectivity index (χ0) is 20.2. The number of rotatable bonds is 4. The van der Waals surface area contributed by atoms with Gasteiger partial charge in [-0.2, -0.15) is 0 Å². The van der Waals surface area contributed by atoms with Crippen molar-refractivity contribution in [1.82, 2.24) is 0 Å². The Kier molecular flexibility index (Phi) is 6.02. The topological polar surface area (TPSA) is 47.6 Å². The van der Waals surface area contributed by atoms with Crippen molar-refractivity contribution in [3.63, 3.8) is 0 Å². The van der Waals surface area contributed by atoms with Crippen LogP contribution in [0.1, 0.15) is 11.1 Å². The van der Waals surface area contributed by atoms with Crippen LogP contribution in [0.25, 0.3) is 5.57 Å². The molecule has 0 spiro atoms. The Morgan fingerprint density at radius 3 is 1.93 bits per heavy atom. The minimum absolute atomic E-state index is 0.220. The first-order valence-corrected chi connectivity index (χ1v) is 10.6. The maximum Gasteiger partial charge on any atom is 0.249 e. The summed E-state index contributed by atoms with van der Waals surface area (Å²) in [5.74, 6) is 1.11. The van der Waals surface area contributed by atoms with Crippen molar-refractivity contribution in [2.24, 2.45) is 0 Å². The third kappa shape index (κ3) is 4.89. The molecule has 3 aromatic rings. The highest BCUT2D eigenvalue weighted by Crippen LogP contribution is 2.33. The highest BCUT2D eigenvalue weighted by molar-refractivity contribution is 9.10. The van der Waals surface area contributed by atoms with E-state index in [0.29, 0.717) is 30.4 Å². The van der Waals surface area contributed by atoms with Crippen LogP contribution >= 0.6 is 31.9 Å². The molecule has 29 heavy (non-hydrogen) atoms. The van der Waals surface area contributed by atoms with Crippen LogP contribution < -0.4 is 14.8 Å². The molecule has 0 unspecified atom stereocenters. The summed E-state index contributed by atoms with van der Waals surface area (Å²) >= 11 is 6.92. The van der Waals surface area contributed by atoms with Gasteiger partial charge in [0.15, 0.2) is 11.5 Å². The Morgan fingerprint density at radius 1 is 0.793 bits per heavy atom. The van der Waals surface area contributed by atoms with Gasteiger partial charge in [0.2, 0.25) is 5.91 Å². The third-order valence-corrected chi connectivity index (χ3v) is 5.45. The second kappa shape index (κ2) is 8.84. The summed E-state index contributed by atoms with van der Waals surface area (Å²) < 4.78 is 13.1. The van der Waals surface area contributed by atoms with E-state index in [-0.39, 0.29) is 5.91 Å². The molecule has 1 heterocycles. The molecule has 0 radical (unpaired) electrons. The molecule has 146 valence electrons. The molecule has 6 heteroatoms. The number of nitrogens with one attached hydrogen (secondary N) is 1. The lowest BCUT2D eigenvalue weighted by atomic mass is 9.97. The zero-order valence-electron chi connectivity index (χ0n) is 15.3. The van der Waals surface area contributed by atoms with Gasteiger partial charge in [-0.1, -0.05) is 56.1 Å². The number of anilines is 1. The molecule has 1 aliphatic rings. The largest absolute Gasteiger partial charge is 0.486 e. The minimum Gasteiger partial charge on any atom is -0.486 e. The maximum absolute atomic E-state index is 12.8. The van der Waals surface area contributed by atoms with Crippen LogP contribution in [-0.2, 0) is 4.79 Å². The molecule has 1 amide bonds. The quantitative estimate of drug-likeness (QED) is 0.431. The van der Waals surface area contributed by atoms with Crippen molar-refractivity contribution in [3.05, 3.63) is 92.9 Å². The fourth-order valence-electron chi connectivity index (χ4n) is 3.02. The normalized spacial score (nSPS) is 12.2. The Hall–Kier alpha value is -2.57. The number of benzene rings is 3. The fourth-order valence-corrected chi connectivity index (χ4v) is 3.55. The smallest absolute Gasteiger partial charge is 0.249 e. The summed E-state index contributed by atoms with van der Waals surface area (Å²) in [7, 11) is 0. The highest BCUT2D eigenvalue weighted by atomic mass is 79.9. The Balaban J connectivity index is 1.63. The van der Waals surface area contributed by atoms with Crippen LogP contribution in [0.5, 0.6) is 11.5 Å². The summed E-state index contributed by atoms with van der Waals surface area (Å²) in [5.41, 5.74) is 3.39. The van der Waals surface area contributed by atoms with Gasteiger partial charge >= 0.3 is 0 Å². The molecule has 0 saturated carbocycles. The summed E-state index contributed by atoms with van der Waals surface area (Å²) in [6, 6.07) is 21.1. The van der Waals surface area contributed by atoms with E-state index in [1.165, 1.54) is 0 Å². The first-order chi connectivity index (χ1) is 14.1. The molecule has 4 rings (SSSR count). The SMILES string of the molecule is O=C(C=C(c1ccc(Br)cc1)c1ccc(Br)cc1)Nc1ccc2c(c1)OCCO2. The van der Waals surface area contributed by atoms with Crippen molar-refractivity contribution >= 4 is 49.0 Å². The Labute approximate surface area is 185 Å². The molecule has 0 atom stereocenters. The monoisotopic (exact) mass is 513 g/mol. The van der Waals surface area contributed by atoms with Crippen molar-refractivity contribution in [2.45, 2.75) is 0 Å². The van der Waals surface area contributed by atoms with E-state index >= 15 is 0 Å². The number of fused-ring (bicyclic) bond motifs is 1. The number of ether oxygens (including phenoxy) is 2. The van der Waals surface area contributed by atoms with Crippen LogP contribution in [0.4, 0.5) is 5.69 Å². The van der Waals surface area contributed by atoms with Gasteiger partial charge in [0, 0.05) is 26.8 Å². The standard InChI is InChI=1S/C23H17Br2NO3/c24-17-5-1-15(2-6-17)20(16-3-7-18(25)8-4-16)14-23(27)26-19-9-10-21-22(13-19)29-12-11-28-21/h1-10,13-14H,11-12H2,(H,26,27). The van der Waals surface area contributed by atoms with Crippen molar-refractivity contribution in [3.8, 4) is 11.5 Å². The second-order valence-electron chi connectivity index (χ2n) is 6.42. The number of hydrogen-bond donors (Lipinski definition) is 1. The van der Waals surface area contributed by atoms with E-state index in [2.05, 4.69) is 37.2 Å². The van der Waals surface area contributed by atoms with Gasteiger partial charge in [-0.15, -0.1) is 0 Å². The fraction of sp³-hybridized carbons (Fsp3) is 0.0870. The molecule has 1 aliphatic heterocycles. The number of halogens is 2. The molecule has 4 nitrogen and oxygen atoms in total. The first kappa shape index (κ1) is 19.7. The molecule has 1 N–H and O–H groups in total. The zero-order valence-corrected chi connectivity index (χ0v) is 18.5. The number of amides is 1. The van der Waals surface area contributed by atoms with Crippen LogP contribution in [0, 0.1) is 0 Å². The summed E-state index contributed by atoms with van der Waals surface area (Å²) in [6.45, 7) is 1.03. The Bertz CT molecular complexity index is 1010. The van der Waals surface area contributed by atoms with E-state index in [4.69, 9.17) is 9.47 Å². The molecule has 0 fully saturated rings. The highest BCUT2D eigenvalue weighted by Gasteiger charge is 2.13. The van der Waals surface area contributed by atoms with E-state index < -0.39 is 0 Å². The number of carbonyl (C=O) groups excluding carboxylic acids is 1. The maximum atomic E-state index is 12.8. The molecule has 0 bridgehead atoms. The molecule has 0 aromatic heterocycles. The summed E-state index contributed by atoms with van der Waals surface area (Å²) in [5, 5.41) is 2.92. The van der Waals surface area contributed by atoms with Gasteiger partial charge in [-0.3, -0.25) is 4.79 Å². The summed E-state index contributed by atoms with van der Waals surface area (Å²) in [4.78, 5) is 12.8. The average molecular weight is 515 g/mol. The van der Waals surface area contributed by atoms with Gasteiger partial charge in [0.05, 0.1) is 0 Å². The van der Waals surface area contributed by atoms with Crippen molar-refractivity contribution in [2.75, 3.05) is 18.5 Å². The average Bonchev–Trinajstić information content (AvgIpc) is 2.73. The molecule has 3 aromatic carbocycles. The molecular formula is C23H17Br2NO3. The van der Waals surface area contributed by atoms with E-state index in [9.17, 15) is 4.79 Å². The van der Waals surface area contributed by atoms with Gasteiger partial charge in [-0.05, 0) is 53.1 Å². The van der Waals surface area contributed by atoms with Crippen LogP contribution in [0.3, 0.4) is 0 Å². The number of hydrogen-bond acceptors (Lipinski definition) is 3. The molecule has 0 aliphatic carbocycles. The van der Waals surface area contributed by atoms with Crippen molar-refractivity contribution < 1.29 is 14.3 Å². The second-order valence-corrected chi connectivity index (χ2v) is 8.25. The van der Waals surface area contributed by atoms with Gasteiger partial charge < -0.3 is 14.8 Å². The first-order valence-electron chi connectivity index (χ1n) is 9.03. The van der Waals surface area contributed by atoms with Crippen molar-refractivity contribution in [1.29, 1.82) is 0 Å². The van der Waals surface area contributed by atoms with E-state index in [1.807, 2.05) is 48.5 Å². The van der Waals surface area contributed by atoms with Crippen LogP contribution in [0.2, 0.25) is 0 Å². The van der Waals surface area contributed by atoms with Gasteiger partial charge in [-0.25, -0.2) is 0 Å². The number of carbonyl (C=O) groups is 1. The third-order valence-electron chi connectivity index (χ3n) is 4.40. The minimum atomic E-state index is -0.220. The molecule has 0 saturated heterocycles. The predicted octanol–water partition coefficient (Wildman–Crippen LogP) is 6.05. The molecular weight excluding hydrogens is 498 g/mol. The predicted molar refractivity (Wildman–Crippen MR) is 121 cm³/mol. The summed E-state index contributed by atoms with van der Waals surface area (Å²) in [6.07, 6.45) is 1.61. The lowest BCUT2D eigenvalue weighted by molar-refractivity contribution is -0.111. The van der Waals surface area contributed by atoms with E-state index in [0.717, 1.165) is 25.6 Å². The van der Waals surface area contributed by atoms with Gasteiger partial charge in [0.1, 0.15) is 13.2 Å².